The molecular weight excluding hydrogens is 270 g/mol. The molecule has 1 aromatic carbocycles. The van der Waals surface area contributed by atoms with Crippen molar-refractivity contribution >= 4 is 17.4 Å². The molecule has 2 aromatic rings. The molecule has 0 saturated carbocycles. The zero-order valence-electron chi connectivity index (χ0n) is 11.8. The van der Waals surface area contributed by atoms with E-state index >= 15 is 0 Å². The lowest BCUT2D eigenvalue weighted by molar-refractivity contribution is -0.116. The number of carbonyl (C=O) groups excluding carboxylic acids is 1. The maximum absolute atomic E-state index is 12.5. The highest BCUT2D eigenvalue weighted by molar-refractivity contribution is 6.12. The summed E-state index contributed by atoms with van der Waals surface area (Å²) in [5.74, 6) is -1.41. The van der Waals surface area contributed by atoms with Gasteiger partial charge in [-0.05, 0) is 12.5 Å². The second kappa shape index (κ2) is 6.08. The number of amidine groups is 1. The zero-order valence-corrected chi connectivity index (χ0v) is 11.8. The van der Waals surface area contributed by atoms with Gasteiger partial charge >= 0.3 is 0 Å². The van der Waals surface area contributed by atoms with Crippen molar-refractivity contribution in [2.45, 2.75) is 12.8 Å². The van der Waals surface area contributed by atoms with E-state index in [9.17, 15) is 4.79 Å². The summed E-state index contributed by atoms with van der Waals surface area (Å²) in [6, 6.07) is 8.90. The molecule has 1 atom stereocenters. The molecule has 0 radical (unpaired) electrons. The molecule has 7 heteroatoms. The molecule has 0 saturated heterocycles. The normalized spacial score (nSPS) is 13.0. The fraction of sp³-hybridized carbons (Fsp3) is 0.214. The number of aromatic nitrogens is 2. The smallest absolute Gasteiger partial charge is 0.239 e. The van der Waals surface area contributed by atoms with Crippen molar-refractivity contribution in [1.82, 2.24) is 9.78 Å². The molecule has 2 rings (SSSR count). The molecule has 1 amide bonds. The number of benzene rings is 1. The van der Waals surface area contributed by atoms with Crippen molar-refractivity contribution in [2.75, 3.05) is 5.32 Å². The van der Waals surface area contributed by atoms with Crippen LogP contribution in [0.4, 0.5) is 5.69 Å². The highest BCUT2D eigenvalue weighted by Gasteiger charge is 2.26. The first-order valence-corrected chi connectivity index (χ1v) is 6.36. The van der Waals surface area contributed by atoms with E-state index < -0.39 is 5.92 Å². The van der Waals surface area contributed by atoms with Crippen molar-refractivity contribution in [3.8, 4) is 0 Å². The number of amides is 1. The van der Waals surface area contributed by atoms with Crippen LogP contribution in [-0.4, -0.2) is 26.7 Å². The number of nitrogens with two attached hydrogens (primary N) is 1. The van der Waals surface area contributed by atoms with Crippen LogP contribution >= 0.6 is 0 Å². The predicted molar refractivity (Wildman–Crippen MR) is 79.2 cm³/mol. The van der Waals surface area contributed by atoms with Gasteiger partial charge in [-0.3, -0.25) is 9.48 Å². The van der Waals surface area contributed by atoms with E-state index in [0.717, 1.165) is 0 Å². The monoisotopic (exact) mass is 287 g/mol. The van der Waals surface area contributed by atoms with Gasteiger partial charge in [0.05, 0.1) is 11.4 Å². The largest absolute Gasteiger partial charge is 0.409 e. The lowest BCUT2D eigenvalue weighted by Gasteiger charge is -2.15. The van der Waals surface area contributed by atoms with Gasteiger partial charge in [-0.15, -0.1) is 0 Å². The Kier molecular flexibility index (Phi) is 4.22. The molecule has 1 heterocycles. The van der Waals surface area contributed by atoms with Gasteiger partial charge in [0.25, 0.3) is 0 Å². The summed E-state index contributed by atoms with van der Waals surface area (Å²) in [5.41, 5.74) is 7.59. The average molecular weight is 287 g/mol. The van der Waals surface area contributed by atoms with E-state index in [1.165, 1.54) is 0 Å². The fourth-order valence-electron chi connectivity index (χ4n) is 2.09. The quantitative estimate of drug-likeness (QED) is 0.340. The predicted octanol–water partition coefficient (Wildman–Crippen LogP) is 1.20. The Morgan fingerprint density at radius 1 is 1.43 bits per heavy atom. The Labute approximate surface area is 122 Å². The minimum Gasteiger partial charge on any atom is -0.409 e. The summed E-state index contributed by atoms with van der Waals surface area (Å²) in [7, 11) is 1.76. The summed E-state index contributed by atoms with van der Waals surface area (Å²) in [6.07, 6.45) is 1.70. The van der Waals surface area contributed by atoms with Crippen LogP contribution in [0.15, 0.2) is 41.7 Å². The van der Waals surface area contributed by atoms with E-state index in [1.54, 1.807) is 49.1 Å². The Balaban J connectivity index is 2.30. The molecule has 0 aliphatic heterocycles. The van der Waals surface area contributed by atoms with Gasteiger partial charge in [-0.1, -0.05) is 35.5 Å². The summed E-state index contributed by atoms with van der Waals surface area (Å²) < 4.78 is 1.60. The lowest BCUT2D eigenvalue weighted by atomic mass is 9.97. The van der Waals surface area contributed by atoms with Gasteiger partial charge in [-0.25, -0.2) is 0 Å². The van der Waals surface area contributed by atoms with Crippen LogP contribution in [0.25, 0.3) is 0 Å². The van der Waals surface area contributed by atoms with E-state index in [-0.39, 0.29) is 11.7 Å². The van der Waals surface area contributed by atoms with Crippen molar-refractivity contribution in [3.05, 3.63) is 47.8 Å². The number of rotatable bonds is 4. The molecule has 7 nitrogen and oxygen atoms in total. The molecule has 4 N–H and O–H groups in total. The molecule has 0 bridgehead atoms. The Morgan fingerprint density at radius 2 is 2.10 bits per heavy atom. The maximum Gasteiger partial charge on any atom is 0.239 e. The van der Waals surface area contributed by atoms with Crippen LogP contribution in [0.3, 0.4) is 0 Å². The Hall–Kier alpha value is -2.83. The Morgan fingerprint density at radius 3 is 2.62 bits per heavy atom. The number of carbonyl (C=O) groups is 1. The summed E-state index contributed by atoms with van der Waals surface area (Å²) in [5, 5.41) is 18.8. The number of hydrogen-bond donors (Lipinski definition) is 3. The Bertz CT molecular complexity index is 663. The van der Waals surface area contributed by atoms with Crippen molar-refractivity contribution in [3.63, 3.8) is 0 Å². The minimum absolute atomic E-state index is 0.166. The highest BCUT2D eigenvalue weighted by atomic mass is 16.4. The third kappa shape index (κ3) is 3.19. The van der Waals surface area contributed by atoms with Gasteiger partial charge in [0.1, 0.15) is 5.92 Å². The molecule has 0 spiro atoms. The zero-order chi connectivity index (χ0) is 15.4. The number of oxime groups is 1. The molecule has 21 heavy (non-hydrogen) atoms. The van der Waals surface area contributed by atoms with Gasteiger partial charge in [0.15, 0.2) is 5.84 Å². The fourth-order valence-corrected chi connectivity index (χ4v) is 2.09. The number of hydrogen-bond acceptors (Lipinski definition) is 4. The first-order chi connectivity index (χ1) is 10.0. The van der Waals surface area contributed by atoms with Crippen LogP contribution < -0.4 is 11.1 Å². The van der Waals surface area contributed by atoms with E-state index in [2.05, 4.69) is 15.6 Å². The first-order valence-electron chi connectivity index (χ1n) is 6.36. The van der Waals surface area contributed by atoms with Crippen LogP contribution in [0.5, 0.6) is 0 Å². The summed E-state index contributed by atoms with van der Waals surface area (Å²) in [4.78, 5) is 12.5. The maximum atomic E-state index is 12.5. The van der Waals surface area contributed by atoms with Gasteiger partial charge in [-0.2, -0.15) is 5.10 Å². The summed E-state index contributed by atoms with van der Waals surface area (Å²) >= 11 is 0. The van der Waals surface area contributed by atoms with E-state index in [0.29, 0.717) is 16.9 Å². The number of aryl methyl sites for hydroxylation is 2. The van der Waals surface area contributed by atoms with Crippen LogP contribution in [0.2, 0.25) is 0 Å². The van der Waals surface area contributed by atoms with Crippen molar-refractivity contribution < 1.29 is 10.0 Å². The molecule has 0 fully saturated rings. The number of nitrogens with one attached hydrogen (secondary N) is 1. The van der Waals surface area contributed by atoms with Gasteiger partial charge in [0.2, 0.25) is 5.91 Å². The van der Waals surface area contributed by atoms with Crippen molar-refractivity contribution in [1.29, 1.82) is 0 Å². The molecule has 0 aliphatic rings. The molecule has 1 aromatic heterocycles. The van der Waals surface area contributed by atoms with Crippen LogP contribution in [-0.2, 0) is 11.8 Å². The lowest BCUT2D eigenvalue weighted by Crippen LogP contribution is -2.32. The van der Waals surface area contributed by atoms with Gasteiger partial charge < -0.3 is 16.3 Å². The topological polar surface area (TPSA) is 106 Å². The second-order valence-corrected chi connectivity index (χ2v) is 4.66. The second-order valence-electron chi connectivity index (χ2n) is 4.66. The number of anilines is 1. The standard InChI is InChI=1S/C14H17N5O2/c1-9-11(8-19(2)17-9)16-14(20)12(13(15)18-21)10-6-4-3-5-7-10/h3-8,12,21H,1-2H3,(H2,15,18)(H,16,20). The van der Waals surface area contributed by atoms with Crippen LogP contribution in [0.1, 0.15) is 17.2 Å². The SMILES string of the molecule is Cc1nn(C)cc1NC(=O)C(/C(N)=N/O)c1ccccc1. The minimum atomic E-state index is -0.865. The first kappa shape index (κ1) is 14.6. The van der Waals surface area contributed by atoms with Crippen molar-refractivity contribution in [2.24, 2.45) is 17.9 Å². The van der Waals surface area contributed by atoms with Gasteiger partial charge in [0, 0.05) is 13.2 Å². The van der Waals surface area contributed by atoms with E-state index in [1.807, 2.05) is 6.07 Å². The molecule has 0 aliphatic carbocycles. The summed E-state index contributed by atoms with van der Waals surface area (Å²) in [6.45, 7) is 1.79. The van der Waals surface area contributed by atoms with Crippen LogP contribution in [0, 0.1) is 6.92 Å². The van der Waals surface area contributed by atoms with E-state index in [4.69, 9.17) is 10.9 Å². The molecule has 110 valence electrons. The highest BCUT2D eigenvalue weighted by Crippen LogP contribution is 2.20. The molecule has 1 unspecified atom stereocenters. The molecular formula is C14H17N5O2. The number of nitrogens with zero attached hydrogens (tertiary/aromatic N) is 3. The third-order valence-corrected chi connectivity index (χ3v) is 3.08. The third-order valence-electron chi connectivity index (χ3n) is 3.08. The average Bonchev–Trinajstić information content (AvgIpc) is 2.78.